The van der Waals surface area contributed by atoms with E-state index in [1.165, 1.54) is 0 Å². The zero-order valence-corrected chi connectivity index (χ0v) is 15.8. The van der Waals surface area contributed by atoms with Crippen LogP contribution in [-0.2, 0) is 11.3 Å². The van der Waals surface area contributed by atoms with Gasteiger partial charge in [-0.15, -0.1) is 0 Å². The molecule has 1 aliphatic heterocycles. The molecule has 0 unspecified atom stereocenters. The van der Waals surface area contributed by atoms with E-state index in [4.69, 9.17) is 10.5 Å². The first-order chi connectivity index (χ1) is 13.7. The minimum absolute atomic E-state index is 0.122. The average Bonchev–Trinajstić information content (AvgIpc) is 2.75. The highest BCUT2D eigenvalue weighted by Crippen LogP contribution is 2.12. The molecule has 0 atom stereocenters. The van der Waals surface area contributed by atoms with Crippen molar-refractivity contribution in [1.29, 1.82) is 0 Å². The molecule has 0 saturated carbocycles. The van der Waals surface area contributed by atoms with Crippen LogP contribution in [0.25, 0.3) is 0 Å². The van der Waals surface area contributed by atoms with Gasteiger partial charge in [-0.25, -0.2) is 0 Å². The summed E-state index contributed by atoms with van der Waals surface area (Å²) in [7, 11) is 0. The van der Waals surface area contributed by atoms with Crippen molar-refractivity contribution in [2.24, 2.45) is 5.73 Å². The number of benzene rings is 2. The molecule has 4 N–H and O–H groups in total. The first-order valence-electron chi connectivity index (χ1n) is 9.44. The van der Waals surface area contributed by atoms with Gasteiger partial charge >= 0.3 is 0 Å². The lowest BCUT2D eigenvalue weighted by Crippen LogP contribution is -2.41. The van der Waals surface area contributed by atoms with Crippen molar-refractivity contribution in [2.45, 2.75) is 6.54 Å². The second kappa shape index (κ2) is 9.98. The number of nitrogens with one attached hydrogen (secondary N) is 2. The Morgan fingerprint density at radius 2 is 1.54 bits per heavy atom. The van der Waals surface area contributed by atoms with Crippen LogP contribution in [0.15, 0.2) is 48.5 Å². The van der Waals surface area contributed by atoms with Crippen LogP contribution in [0.2, 0.25) is 0 Å². The molecule has 1 saturated heterocycles. The van der Waals surface area contributed by atoms with Gasteiger partial charge in [0.05, 0.1) is 13.2 Å². The number of nitrogens with zero attached hydrogens (tertiary/aromatic N) is 1. The van der Waals surface area contributed by atoms with E-state index in [0.29, 0.717) is 29.9 Å². The lowest BCUT2D eigenvalue weighted by molar-refractivity contribution is 0.0383. The monoisotopic (exact) mass is 382 g/mol. The van der Waals surface area contributed by atoms with Crippen molar-refractivity contribution in [3.63, 3.8) is 0 Å². The molecule has 1 aliphatic rings. The minimum atomic E-state index is -0.203. The van der Waals surface area contributed by atoms with Gasteiger partial charge in [0.1, 0.15) is 0 Å². The van der Waals surface area contributed by atoms with Crippen LogP contribution >= 0.6 is 0 Å². The number of morpholine rings is 1. The van der Waals surface area contributed by atoms with Gasteiger partial charge in [0.15, 0.2) is 0 Å². The number of carbonyl (C=O) groups excluding carboxylic acids is 2. The molecule has 7 heteroatoms. The highest BCUT2D eigenvalue weighted by Gasteiger charge is 2.11. The number of carbonyl (C=O) groups is 2. The Morgan fingerprint density at radius 1 is 0.929 bits per heavy atom. The summed E-state index contributed by atoms with van der Waals surface area (Å²) in [5.74, 6) is -0.324. The van der Waals surface area contributed by atoms with E-state index in [9.17, 15) is 9.59 Å². The van der Waals surface area contributed by atoms with Gasteiger partial charge in [0, 0.05) is 49.5 Å². The summed E-state index contributed by atoms with van der Waals surface area (Å²) >= 11 is 0. The maximum Gasteiger partial charge on any atom is 0.255 e. The van der Waals surface area contributed by atoms with Gasteiger partial charge in [0.2, 0.25) is 0 Å². The van der Waals surface area contributed by atoms with E-state index in [1.54, 1.807) is 36.4 Å². The molecule has 0 spiro atoms. The quantitative estimate of drug-likeness (QED) is 0.674. The molecule has 0 aromatic heterocycles. The number of hydrogen-bond acceptors (Lipinski definition) is 5. The zero-order valence-electron chi connectivity index (χ0n) is 15.8. The van der Waals surface area contributed by atoms with Crippen molar-refractivity contribution >= 4 is 17.5 Å². The summed E-state index contributed by atoms with van der Waals surface area (Å²) in [6, 6.07) is 14.0. The van der Waals surface area contributed by atoms with Gasteiger partial charge in [0.25, 0.3) is 11.8 Å². The standard InChI is InChI=1S/C21H26N4O3/c22-15-16-1-3-18(4-2-16)21(27)24-19-7-5-17(6-8-19)20(26)23-9-10-25-11-13-28-14-12-25/h1-8H,9-15,22H2,(H,23,26)(H,24,27). The fourth-order valence-electron chi connectivity index (χ4n) is 2.95. The van der Waals surface area contributed by atoms with Crippen LogP contribution < -0.4 is 16.4 Å². The van der Waals surface area contributed by atoms with Crippen LogP contribution in [0.1, 0.15) is 26.3 Å². The molecule has 2 aromatic carbocycles. The highest BCUT2D eigenvalue weighted by atomic mass is 16.5. The lowest BCUT2D eigenvalue weighted by Gasteiger charge is -2.26. The SMILES string of the molecule is NCc1ccc(C(=O)Nc2ccc(C(=O)NCCN3CCOCC3)cc2)cc1. The van der Waals surface area contributed by atoms with Gasteiger partial charge in [-0.2, -0.15) is 0 Å². The number of hydrogen-bond donors (Lipinski definition) is 3. The molecule has 1 fully saturated rings. The Labute approximate surface area is 164 Å². The van der Waals surface area contributed by atoms with Crippen LogP contribution in [0.4, 0.5) is 5.69 Å². The molecule has 3 rings (SSSR count). The number of anilines is 1. The van der Waals surface area contributed by atoms with E-state index in [0.717, 1.165) is 38.4 Å². The average molecular weight is 382 g/mol. The summed E-state index contributed by atoms with van der Waals surface area (Å²) in [6.45, 7) is 5.15. The van der Waals surface area contributed by atoms with Crippen molar-refractivity contribution in [3.8, 4) is 0 Å². The molecular weight excluding hydrogens is 356 g/mol. The van der Waals surface area contributed by atoms with Crippen molar-refractivity contribution in [2.75, 3.05) is 44.7 Å². The fourth-order valence-corrected chi connectivity index (χ4v) is 2.95. The van der Waals surface area contributed by atoms with E-state index < -0.39 is 0 Å². The largest absolute Gasteiger partial charge is 0.379 e. The van der Waals surface area contributed by atoms with E-state index in [-0.39, 0.29) is 11.8 Å². The Hall–Kier alpha value is -2.74. The Morgan fingerprint density at radius 3 is 2.18 bits per heavy atom. The lowest BCUT2D eigenvalue weighted by atomic mass is 10.1. The molecule has 7 nitrogen and oxygen atoms in total. The topological polar surface area (TPSA) is 96.7 Å². The number of nitrogens with two attached hydrogens (primary N) is 1. The summed E-state index contributed by atoms with van der Waals surface area (Å²) in [5, 5.41) is 5.75. The van der Waals surface area contributed by atoms with Crippen LogP contribution in [0.5, 0.6) is 0 Å². The van der Waals surface area contributed by atoms with E-state index >= 15 is 0 Å². The summed E-state index contributed by atoms with van der Waals surface area (Å²) < 4.78 is 5.31. The second-order valence-corrected chi connectivity index (χ2v) is 6.64. The molecule has 28 heavy (non-hydrogen) atoms. The minimum Gasteiger partial charge on any atom is -0.379 e. The van der Waals surface area contributed by atoms with E-state index in [1.807, 2.05) is 12.1 Å². The number of ether oxygens (including phenoxy) is 1. The molecule has 0 bridgehead atoms. The molecule has 2 aromatic rings. The van der Waals surface area contributed by atoms with Gasteiger partial charge in [-0.1, -0.05) is 12.1 Å². The van der Waals surface area contributed by atoms with Crippen molar-refractivity contribution in [1.82, 2.24) is 10.2 Å². The summed E-state index contributed by atoms with van der Waals surface area (Å²) in [6.07, 6.45) is 0. The van der Waals surface area contributed by atoms with Crippen molar-refractivity contribution < 1.29 is 14.3 Å². The van der Waals surface area contributed by atoms with Gasteiger partial charge in [-0.05, 0) is 42.0 Å². The Balaban J connectivity index is 1.47. The molecule has 148 valence electrons. The Kier molecular flexibility index (Phi) is 7.13. The maximum atomic E-state index is 12.3. The molecule has 1 heterocycles. The predicted molar refractivity (Wildman–Crippen MR) is 108 cm³/mol. The third-order valence-corrected chi connectivity index (χ3v) is 4.67. The first kappa shape index (κ1) is 20.0. The van der Waals surface area contributed by atoms with E-state index in [2.05, 4.69) is 15.5 Å². The predicted octanol–water partition coefficient (Wildman–Crippen LogP) is 1.46. The third-order valence-electron chi connectivity index (χ3n) is 4.67. The van der Waals surface area contributed by atoms with Gasteiger partial charge < -0.3 is 21.1 Å². The molecular formula is C21H26N4O3. The zero-order chi connectivity index (χ0) is 19.8. The Bertz CT molecular complexity index is 784. The van der Waals surface area contributed by atoms with Gasteiger partial charge in [-0.3, -0.25) is 14.5 Å². The number of amides is 2. The molecule has 2 amide bonds. The van der Waals surface area contributed by atoms with Crippen molar-refractivity contribution in [3.05, 3.63) is 65.2 Å². The van der Waals surface area contributed by atoms with Crippen LogP contribution in [0.3, 0.4) is 0 Å². The molecule has 0 radical (unpaired) electrons. The highest BCUT2D eigenvalue weighted by molar-refractivity contribution is 6.04. The smallest absolute Gasteiger partial charge is 0.255 e. The number of rotatable bonds is 7. The summed E-state index contributed by atoms with van der Waals surface area (Å²) in [4.78, 5) is 26.8. The maximum absolute atomic E-state index is 12.3. The molecule has 0 aliphatic carbocycles. The second-order valence-electron chi connectivity index (χ2n) is 6.64. The van der Waals surface area contributed by atoms with Crippen LogP contribution in [0, 0.1) is 0 Å². The fraction of sp³-hybridized carbons (Fsp3) is 0.333. The summed E-state index contributed by atoms with van der Waals surface area (Å²) in [5.41, 5.74) is 8.30. The van der Waals surface area contributed by atoms with Crippen LogP contribution in [-0.4, -0.2) is 56.1 Å². The third kappa shape index (κ3) is 5.63. The normalized spacial score (nSPS) is 14.5. The first-order valence-corrected chi connectivity index (χ1v) is 9.44.